The Morgan fingerprint density at radius 2 is 1.76 bits per heavy atom. The largest absolute Gasteiger partial charge is 0.493 e. The smallest absolute Gasteiger partial charge is 0.258 e. The maximum atomic E-state index is 12.9. The van der Waals surface area contributed by atoms with Crippen LogP contribution in [-0.2, 0) is 20.9 Å². The molecule has 3 aromatic rings. The number of benzene rings is 3. The second-order valence-electron chi connectivity index (χ2n) is 8.74. The van der Waals surface area contributed by atoms with Crippen LogP contribution in [0.15, 0.2) is 72.8 Å². The number of hydrogen-bond donors (Lipinski definition) is 3. The molecule has 37 heavy (non-hydrogen) atoms. The van der Waals surface area contributed by atoms with Crippen LogP contribution >= 0.6 is 0 Å². The summed E-state index contributed by atoms with van der Waals surface area (Å²) in [5.74, 6) is -0.556. The average molecular weight is 503 g/mol. The summed E-state index contributed by atoms with van der Waals surface area (Å²) in [6.07, 6.45) is 0.116. The van der Waals surface area contributed by atoms with E-state index in [2.05, 4.69) is 16.2 Å². The lowest BCUT2D eigenvalue weighted by atomic mass is 10.1. The third-order valence-electron chi connectivity index (χ3n) is 6.04. The van der Waals surface area contributed by atoms with Crippen molar-refractivity contribution in [2.75, 3.05) is 30.6 Å². The van der Waals surface area contributed by atoms with E-state index in [1.54, 1.807) is 23.1 Å². The highest BCUT2D eigenvalue weighted by Gasteiger charge is 2.35. The van der Waals surface area contributed by atoms with Gasteiger partial charge in [0.15, 0.2) is 18.1 Å². The highest BCUT2D eigenvalue weighted by Crippen LogP contribution is 2.35. The van der Waals surface area contributed by atoms with Crippen molar-refractivity contribution >= 4 is 29.1 Å². The zero-order valence-electron chi connectivity index (χ0n) is 20.8. The summed E-state index contributed by atoms with van der Waals surface area (Å²) in [7, 11) is 1.49. The minimum absolute atomic E-state index is 0.101. The first-order valence-electron chi connectivity index (χ1n) is 12.0. The topological polar surface area (TPSA) is 109 Å². The minimum Gasteiger partial charge on any atom is -0.493 e. The molecule has 0 radical (unpaired) electrons. The Balaban J connectivity index is 1.34. The van der Waals surface area contributed by atoms with Gasteiger partial charge in [-0.3, -0.25) is 25.2 Å². The minimum atomic E-state index is -0.514. The van der Waals surface area contributed by atoms with Crippen molar-refractivity contribution in [3.8, 4) is 11.5 Å². The molecule has 1 saturated heterocycles. The SMILES string of the molecule is COc1cccc(NNC(=O)[C@H]2CC(=O)N(c3ccc(C)cc3)C2)c1OCC(=O)NCc1ccccc1. The monoisotopic (exact) mass is 502 g/mol. The van der Waals surface area contributed by atoms with Gasteiger partial charge in [-0.05, 0) is 36.8 Å². The Labute approximate surface area is 215 Å². The third kappa shape index (κ3) is 6.58. The van der Waals surface area contributed by atoms with Crippen molar-refractivity contribution in [2.24, 2.45) is 5.92 Å². The fourth-order valence-corrected chi connectivity index (χ4v) is 4.00. The highest BCUT2D eigenvalue weighted by molar-refractivity contribution is 6.00. The molecular weight excluding hydrogens is 472 g/mol. The van der Waals surface area contributed by atoms with Crippen LogP contribution in [0.25, 0.3) is 0 Å². The van der Waals surface area contributed by atoms with Crippen molar-refractivity contribution in [1.29, 1.82) is 0 Å². The predicted molar refractivity (Wildman–Crippen MR) is 140 cm³/mol. The molecule has 192 valence electrons. The molecule has 0 spiro atoms. The normalized spacial score (nSPS) is 14.7. The molecule has 1 heterocycles. The van der Waals surface area contributed by atoms with Gasteiger partial charge < -0.3 is 19.7 Å². The van der Waals surface area contributed by atoms with E-state index in [4.69, 9.17) is 9.47 Å². The lowest BCUT2D eigenvalue weighted by molar-refractivity contribution is -0.126. The van der Waals surface area contributed by atoms with Crippen molar-refractivity contribution in [1.82, 2.24) is 10.7 Å². The zero-order valence-corrected chi connectivity index (χ0v) is 20.8. The summed E-state index contributed by atoms with van der Waals surface area (Å²) in [6, 6.07) is 22.3. The molecule has 0 aromatic heterocycles. The molecule has 9 heteroatoms. The number of carbonyl (C=O) groups excluding carboxylic acids is 3. The van der Waals surface area contributed by atoms with E-state index in [1.165, 1.54) is 7.11 Å². The van der Waals surface area contributed by atoms with E-state index in [-0.39, 0.29) is 36.5 Å². The molecule has 3 amide bonds. The molecule has 1 fully saturated rings. The number of carbonyl (C=O) groups is 3. The van der Waals surface area contributed by atoms with Gasteiger partial charge >= 0.3 is 0 Å². The second kappa shape index (κ2) is 11.9. The van der Waals surface area contributed by atoms with Gasteiger partial charge in [-0.2, -0.15) is 0 Å². The number of hydrogen-bond acceptors (Lipinski definition) is 6. The molecular formula is C28H30N4O5. The summed E-state index contributed by atoms with van der Waals surface area (Å²) in [5.41, 5.74) is 8.79. The Bertz CT molecular complexity index is 1250. The number of methoxy groups -OCH3 is 1. The number of para-hydroxylation sites is 1. The van der Waals surface area contributed by atoms with Gasteiger partial charge in [0.05, 0.1) is 18.7 Å². The number of rotatable bonds is 10. The predicted octanol–water partition coefficient (Wildman–Crippen LogP) is 3.20. The van der Waals surface area contributed by atoms with Gasteiger partial charge in [-0.1, -0.05) is 54.1 Å². The van der Waals surface area contributed by atoms with Crippen LogP contribution in [0.5, 0.6) is 11.5 Å². The Hall–Kier alpha value is -4.53. The maximum Gasteiger partial charge on any atom is 0.258 e. The highest BCUT2D eigenvalue weighted by atomic mass is 16.5. The number of nitrogens with one attached hydrogen (secondary N) is 3. The van der Waals surface area contributed by atoms with E-state index in [9.17, 15) is 14.4 Å². The molecule has 0 saturated carbocycles. The van der Waals surface area contributed by atoms with E-state index in [0.717, 1.165) is 16.8 Å². The molecule has 1 aliphatic rings. The lowest BCUT2D eigenvalue weighted by Gasteiger charge is -2.18. The number of anilines is 2. The maximum absolute atomic E-state index is 12.9. The van der Waals surface area contributed by atoms with Crippen molar-refractivity contribution in [2.45, 2.75) is 19.9 Å². The van der Waals surface area contributed by atoms with E-state index >= 15 is 0 Å². The van der Waals surface area contributed by atoms with Gasteiger partial charge in [0.2, 0.25) is 11.8 Å². The fourth-order valence-electron chi connectivity index (χ4n) is 4.00. The zero-order chi connectivity index (χ0) is 26.2. The van der Waals surface area contributed by atoms with Gasteiger partial charge in [-0.15, -0.1) is 0 Å². The van der Waals surface area contributed by atoms with Crippen LogP contribution in [0.3, 0.4) is 0 Å². The molecule has 3 aromatic carbocycles. The molecule has 0 unspecified atom stereocenters. The van der Waals surface area contributed by atoms with Gasteiger partial charge in [0.25, 0.3) is 5.91 Å². The number of amides is 3. The standard InChI is InChI=1S/C28H30N4O5/c1-19-11-13-22(14-12-19)32-17-21(15-26(32)34)28(35)31-30-23-9-6-10-24(36-2)27(23)37-18-25(33)29-16-20-7-4-3-5-8-20/h3-14,21,30H,15-18H2,1-2H3,(H,29,33)(H,31,35)/t21-/m0/s1. The summed E-state index contributed by atoms with van der Waals surface area (Å²) in [4.78, 5) is 39.3. The fraction of sp³-hybridized carbons (Fsp3) is 0.250. The summed E-state index contributed by atoms with van der Waals surface area (Å²) in [6.45, 7) is 2.41. The first-order valence-corrected chi connectivity index (χ1v) is 12.0. The molecule has 0 bridgehead atoms. The van der Waals surface area contributed by atoms with Crippen molar-refractivity contribution in [3.63, 3.8) is 0 Å². The number of hydrazine groups is 1. The van der Waals surface area contributed by atoms with Gasteiger partial charge in [0.1, 0.15) is 0 Å². The van der Waals surface area contributed by atoms with E-state index in [0.29, 0.717) is 24.5 Å². The Kier molecular flexibility index (Phi) is 8.25. The number of aryl methyl sites for hydroxylation is 1. The molecule has 9 nitrogen and oxygen atoms in total. The number of nitrogens with zero attached hydrogens (tertiary/aromatic N) is 1. The van der Waals surface area contributed by atoms with Crippen LogP contribution in [0, 0.1) is 12.8 Å². The van der Waals surface area contributed by atoms with Crippen LogP contribution < -0.4 is 30.5 Å². The third-order valence-corrected chi connectivity index (χ3v) is 6.04. The molecule has 4 rings (SSSR count). The second-order valence-corrected chi connectivity index (χ2v) is 8.74. The van der Waals surface area contributed by atoms with Gasteiger partial charge in [-0.25, -0.2) is 0 Å². The lowest BCUT2D eigenvalue weighted by Crippen LogP contribution is -2.36. The first kappa shape index (κ1) is 25.6. The molecule has 1 atom stereocenters. The van der Waals surface area contributed by atoms with Crippen LogP contribution in [0.1, 0.15) is 17.5 Å². The quantitative estimate of drug-likeness (QED) is 0.368. The van der Waals surface area contributed by atoms with Crippen LogP contribution in [-0.4, -0.2) is 38.0 Å². The van der Waals surface area contributed by atoms with E-state index in [1.807, 2.05) is 61.5 Å². The van der Waals surface area contributed by atoms with E-state index < -0.39 is 5.92 Å². The Morgan fingerprint density at radius 1 is 1.00 bits per heavy atom. The van der Waals surface area contributed by atoms with Gasteiger partial charge in [0, 0.05) is 25.2 Å². The molecule has 3 N–H and O–H groups in total. The number of ether oxygens (including phenoxy) is 2. The van der Waals surface area contributed by atoms with Crippen LogP contribution in [0.2, 0.25) is 0 Å². The summed E-state index contributed by atoms with van der Waals surface area (Å²) >= 11 is 0. The van der Waals surface area contributed by atoms with Crippen molar-refractivity contribution in [3.05, 3.63) is 83.9 Å². The average Bonchev–Trinajstić information content (AvgIpc) is 3.32. The molecule has 1 aliphatic heterocycles. The molecule has 0 aliphatic carbocycles. The Morgan fingerprint density at radius 3 is 2.49 bits per heavy atom. The summed E-state index contributed by atoms with van der Waals surface area (Å²) < 4.78 is 11.1. The van der Waals surface area contributed by atoms with Crippen molar-refractivity contribution < 1.29 is 23.9 Å². The first-order chi connectivity index (χ1) is 17.9. The van der Waals surface area contributed by atoms with Crippen LogP contribution in [0.4, 0.5) is 11.4 Å². The summed E-state index contributed by atoms with van der Waals surface area (Å²) in [5, 5.41) is 2.81.